The number of hydrogen-bond donors (Lipinski definition) is 2. The third-order valence-electron chi connectivity index (χ3n) is 4.93. The molecular formula is C22H25N3O4S. The highest BCUT2D eigenvalue weighted by molar-refractivity contribution is 7.89. The number of ether oxygens (including phenoxy) is 1. The third-order valence-corrected chi connectivity index (χ3v) is 5.86. The summed E-state index contributed by atoms with van der Waals surface area (Å²) in [4.78, 5) is 14.2. The van der Waals surface area contributed by atoms with Crippen LogP contribution < -0.4 is 15.2 Å². The molecule has 3 aromatic rings. The quantitative estimate of drug-likeness (QED) is 0.629. The van der Waals surface area contributed by atoms with Crippen molar-refractivity contribution in [1.29, 1.82) is 0 Å². The number of hydrogen-bond acceptors (Lipinski definition) is 4. The zero-order valence-corrected chi connectivity index (χ0v) is 17.9. The molecule has 1 atom stereocenters. The standard InChI is InChI=1S/C22H25N3O4S/c1-15(17-7-10-21(11-8-17)30(23,27)28)24-22(26)25(2)14-16-4-5-19-13-20(29-3)9-6-18(19)12-16/h4-13,15H,14H2,1-3H3,(H,24,26)(H2,23,27,28). The molecule has 0 fully saturated rings. The monoisotopic (exact) mass is 427 g/mol. The van der Waals surface area contributed by atoms with Gasteiger partial charge in [-0.15, -0.1) is 0 Å². The fourth-order valence-electron chi connectivity index (χ4n) is 3.17. The number of nitrogens with two attached hydrogens (primary N) is 1. The zero-order chi connectivity index (χ0) is 21.9. The van der Waals surface area contributed by atoms with Crippen LogP contribution in [0.3, 0.4) is 0 Å². The van der Waals surface area contributed by atoms with Crippen LogP contribution in [0.15, 0.2) is 65.6 Å². The summed E-state index contributed by atoms with van der Waals surface area (Å²) in [5.74, 6) is 0.804. The first-order valence-corrected chi connectivity index (χ1v) is 10.9. The van der Waals surface area contributed by atoms with Crippen LogP contribution in [0.5, 0.6) is 5.75 Å². The first-order valence-electron chi connectivity index (χ1n) is 9.38. The molecule has 0 spiro atoms. The molecule has 2 amide bonds. The molecule has 0 aromatic heterocycles. The molecule has 0 saturated carbocycles. The predicted molar refractivity (Wildman–Crippen MR) is 117 cm³/mol. The number of primary sulfonamides is 1. The maximum Gasteiger partial charge on any atom is 0.317 e. The molecule has 3 aromatic carbocycles. The van der Waals surface area contributed by atoms with Crippen molar-refractivity contribution in [3.63, 3.8) is 0 Å². The molecule has 8 heteroatoms. The van der Waals surface area contributed by atoms with Gasteiger partial charge >= 0.3 is 6.03 Å². The first kappa shape index (κ1) is 21.6. The second kappa shape index (κ2) is 8.73. The SMILES string of the molecule is COc1ccc2cc(CN(C)C(=O)NC(C)c3ccc(S(N)(=O)=O)cc3)ccc2c1. The van der Waals surface area contributed by atoms with Crippen LogP contribution in [-0.4, -0.2) is 33.5 Å². The van der Waals surface area contributed by atoms with Gasteiger partial charge in [0.2, 0.25) is 10.0 Å². The number of nitrogens with one attached hydrogen (secondary N) is 1. The molecule has 0 bridgehead atoms. The van der Waals surface area contributed by atoms with E-state index in [4.69, 9.17) is 9.88 Å². The Labute approximate surface area is 176 Å². The lowest BCUT2D eigenvalue weighted by atomic mass is 10.1. The summed E-state index contributed by atoms with van der Waals surface area (Å²) >= 11 is 0. The topological polar surface area (TPSA) is 102 Å². The molecular weight excluding hydrogens is 402 g/mol. The second-order valence-corrected chi connectivity index (χ2v) is 8.75. The van der Waals surface area contributed by atoms with Crippen molar-refractivity contribution in [2.45, 2.75) is 24.4 Å². The number of carbonyl (C=O) groups excluding carboxylic acids is 1. The van der Waals surface area contributed by atoms with Gasteiger partial charge < -0.3 is 15.0 Å². The molecule has 30 heavy (non-hydrogen) atoms. The van der Waals surface area contributed by atoms with Gasteiger partial charge in [-0.25, -0.2) is 18.4 Å². The lowest BCUT2D eigenvalue weighted by Gasteiger charge is -2.22. The summed E-state index contributed by atoms with van der Waals surface area (Å²) in [6, 6.07) is 17.5. The Morgan fingerprint density at radius 3 is 2.33 bits per heavy atom. The van der Waals surface area contributed by atoms with E-state index in [2.05, 4.69) is 5.32 Å². The van der Waals surface area contributed by atoms with E-state index in [9.17, 15) is 13.2 Å². The van der Waals surface area contributed by atoms with Gasteiger partial charge in [0.15, 0.2) is 0 Å². The first-order chi connectivity index (χ1) is 14.2. The smallest absolute Gasteiger partial charge is 0.317 e. The van der Waals surface area contributed by atoms with E-state index in [1.165, 1.54) is 12.1 Å². The summed E-state index contributed by atoms with van der Waals surface area (Å²) in [5, 5.41) is 10.2. The van der Waals surface area contributed by atoms with Gasteiger partial charge in [-0.2, -0.15) is 0 Å². The molecule has 0 saturated heterocycles. The summed E-state index contributed by atoms with van der Waals surface area (Å²) < 4.78 is 28.0. The number of methoxy groups -OCH3 is 1. The number of sulfonamides is 1. The molecule has 7 nitrogen and oxygen atoms in total. The maximum absolute atomic E-state index is 12.6. The lowest BCUT2D eigenvalue weighted by Crippen LogP contribution is -2.38. The van der Waals surface area contributed by atoms with Gasteiger partial charge in [-0.1, -0.05) is 30.3 Å². The Kier molecular flexibility index (Phi) is 6.28. The highest BCUT2D eigenvalue weighted by Crippen LogP contribution is 2.22. The van der Waals surface area contributed by atoms with Crippen molar-refractivity contribution in [3.8, 4) is 5.75 Å². The average molecular weight is 428 g/mol. The molecule has 0 aliphatic heterocycles. The van der Waals surface area contributed by atoms with Gasteiger partial charge in [0.05, 0.1) is 18.0 Å². The zero-order valence-electron chi connectivity index (χ0n) is 17.1. The van der Waals surface area contributed by atoms with Crippen LogP contribution in [0.2, 0.25) is 0 Å². The summed E-state index contributed by atoms with van der Waals surface area (Å²) in [6.07, 6.45) is 0. The molecule has 158 valence electrons. The number of benzene rings is 3. The van der Waals surface area contributed by atoms with Gasteiger partial charge in [0.1, 0.15) is 5.75 Å². The van der Waals surface area contributed by atoms with E-state index < -0.39 is 10.0 Å². The lowest BCUT2D eigenvalue weighted by molar-refractivity contribution is 0.203. The van der Waals surface area contributed by atoms with Crippen LogP contribution in [0.25, 0.3) is 10.8 Å². The summed E-state index contributed by atoms with van der Waals surface area (Å²) in [7, 11) is -0.375. The van der Waals surface area contributed by atoms with E-state index in [0.29, 0.717) is 6.54 Å². The molecule has 0 aliphatic carbocycles. The minimum absolute atomic E-state index is 0.0378. The minimum Gasteiger partial charge on any atom is -0.497 e. The van der Waals surface area contributed by atoms with Crippen LogP contribution in [0.1, 0.15) is 24.1 Å². The molecule has 3 N–H and O–H groups in total. The van der Waals surface area contributed by atoms with Gasteiger partial charge in [0.25, 0.3) is 0 Å². The number of urea groups is 1. The van der Waals surface area contributed by atoms with E-state index >= 15 is 0 Å². The predicted octanol–water partition coefficient (Wildman–Crippen LogP) is 3.40. The van der Waals surface area contributed by atoms with Gasteiger partial charge in [-0.3, -0.25) is 0 Å². The second-order valence-electron chi connectivity index (χ2n) is 7.19. The Bertz CT molecular complexity index is 1160. The highest BCUT2D eigenvalue weighted by atomic mass is 32.2. The number of nitrogens with zero attached hydrogens (tertiary/aromatic N) is 1. The Morgan fingerprint density at radius 1 is 1.07 bits per heavy atom. The molecule has 0 heterocycles. The van der Waals surface area contributed by atoms with E-state index in [-0.39, 0.29) is 17.0 Å². The average Bonchev–Trinajstić information content (AvgIpc) is 2.72. The van der Waals surface area contributed by atoms with E-state index in [1.807, 2.05) is 43.3 Å². The Balaban J connectivity index is 1.64. The fourth-order valence-corrected chi connectivity index (χ4v) is 3.68. The minimum atomic E-state index is -3.74. The number of rotatable bonds is 6. The van der Waals surface area contributed by atoms with Crippen LogP contribution in [-0.2, 0) is 16.6 Å². The molecule has 1 unspecified atom stereocenters. The van der Waals surface area contributed by atoms with Crippen LogP contribution in [0, 0.1) is 0 Å². The fraction of sp³-hybridized carbons (Fsp3) is 0.227. The van der Waals surface area contributed by atoms with Crippen molar-refractivity contribution in [3.05, 3.63) is 71.8 Å². The van der Waals surface area contributed by atoms with Crippen LogP contribution in [0.4, 0.5) is 4.79 Å². The highest BCUT2D eigenvalue weighted by Gasteiger charge is 2.15. The van der Waals surface area contributed by atoms with Crippen molar-refractivity contribution < 1.29 is 17.9 Å². The van der Waals surface area contributed by atoms with Gasteiger partial charge in [-0.05, 0) is 59.2 Å². The summed E-state index contributed by atoms with van der Waals surface area (Å²) in [6.45, 7) is 2.28. The number of carbonyl (C=O) groups is 1. The summed E-state index contributed by atoms with van der Waals surface area (Å²) in [5.41, 5.74) is 1.79. The molecule has 0 radical (unpaired) electrons. The van der Waals surface area contributed by atoms with E-state index in [0.717, 1.165) is 27.6 Å². The Morgan fingerprint density at radius 2 is 1.70 bits per heavy atom. The molecule has 0 aliphatic rings. The van der Waals surface area contributed by atoms with Gasteiger partial charge in [0, 0.05) is 13.6 Å². The Hall–Kier alpha value is -3.10. The number of fused-ring (bicyclic) bond motifs is 1. The largest absolute Gasteiger partial charge is 0.497 e. The van der Waals surface area contributed by atoms with Crippen molar-refractivity contribution in [2.75, 3.05) is 14.2 Å². The van der Waals surface area contributed by atoms with Crippen LogP contribution >= 0.6 is 0 Å². The van der Waals surface area contributed by atoms with Crippen molar-refractivity contribution in [1.82, 2.24) is 10.2 Å². The maximum atomic E-state index is 12.6. The molecule has 3 rings (SSSR count). The van der Waals surface area contributed by atoms with E-state index in [1.54, 1.807) is 31.2 Å². The normalized spacial score (nSPS) is 12.4. The third kappa shape index (κ3) is 5.08. The van der Waals surface area contributed by atoms with Crippen molar-refractivity contribution >= 4 is 26.8 Å². The number of amides is 2. The van der Waals surface area contributed by atoms with Crippen molar-refractivity contribution in [2.24, 2.45) is 5.14 Å².